The summed E-state index contributed by atoms with van der Waals surface area (Å²) in [5, 5.41) is 8.71. The van der Waals surface area contributed by atoms with Crippen molar-refractivity contribution in [3.8, 4) is 0 Å². The number of hydrogen-bond acceptors (Lipinski definition) is 2. The van der Waals surface area contributed by atoms with Gasteiger partial charge in [0.15, 0.2) is 5.11 Å². The third-order valence-electron chi connectivity index (χ3n) is 3.75. The first-order valence-electron chi connectivity index (χ1n) is 8.40. The highest BCUT2D eigenvalue weighted by atomic mass is 35.6. The predicted octanol–water partition coefficient (Wildman–Crippen LogP) is 5.12. The van der Waals surface area contributed by atoms with Crippen molar-refractivity contribution < 1.29 is 4.79 Å². The molecule has 3 N–H and O–H groups in total. The number of anilines is 1. The number of carbonyl (C=O) groups excluding carboxylic acids is 1. The lowest BCUT2D eigenvalue weighted by Crippen LogP contribution is -2.55. The van der Waals surface area contributed by atoms with E-state index in [2.05, 4.69) is 16.0 Å². The molecule has 0 radical (unpaired) electrons. The highest BCUT2D eigenvalue weighted by molar-refractivity contribution is 7.80. The smallest absolute Gasteiger partial charge is 0.245 e. The van der Waals surface area contributed by atoms with Crippen LogP contribution in [0, 0.1) is 13.8 Å². The summed E-state index contributed by atoms with van der Waals surface area (Å²) < 4.78 is -1.82. The van der Waals surface area contributed by atoms with Crippen LogP contribution in [0.2, 0.25) is 0 Å². The van der Waals surface area contributed by atoms with Crippen molar-refractivity contribution in [3.05, 3.63) is 71.3 Å². The summed E-state index contributed by atoms with van der Waals surface area (Å²) in [6, 6.07) is 15.3. The summed E-state index contributed by atoms with van der Waals surface area (Å²) in [6.07, 6.45) is 1.99. The lowest BCUT2D eigenvalue weighted by molar-refractivity contribution is -0.117. The van der Waals surface area contributed by atoms with Crippen molar-refractivity contribution in [2.45, 2.75) is 23.8 Å². The van der Waals surface area contributed by atoms with Gasteiger partial charge in [-0.1, -0.05) is 82.8 Å². The first-order valence-corrected chi connectivity index (χ1v) is 9.94. The van der Waals surface area contributed by atoms with E-state index in [9.17, 15) is 4.79 Å². The summed E-state index contributed by atoms with van der Waals surface area (Å²) in [6.45, 7) is 3.96. The van der Waals surface area contributed by atoms with Gasteiger partial charge in [0.1, 0.15) is 6.17 Å². The maximum Gasteiger partial charge on any atom is 0.245 e. The lowest BCUT2D eigenvalue weighted by atomic mass is 10.1. The van der Waals surface area contributed by atoms with Crippen molar-refractivity contribution in [1.29, 1.82) is 0 Å². The molecule has 0 saturated carbocycles. The highest BCUT2D eigenvalue weighted by Gasteiger charge is 2.34. The van der Waals surface area contributed by atoms with E-state index >= 15 is 0 Å². The number of amides is 1. The normalized spacial score (nSPS) is 12.5. The van der Waals surface area contributed by atoms with Crippen LogP contribution < -0.4 is 16.0 Å². The van der Waals surface area contributed by atoms with Gasteiger partial charge in [0.2, 0.25) is 9.70 Å². The summed E-state index contributed by atoms with van der Waals surface area (Å²) in [5.74, 6) is -0.429. The topological polar surface area (TPSA) is 53.2 Å². The number of halogens is 3. The molecule has 4 nitrogen and oxygen atoms in total. The summed E-state index contributed by atoms with van der Waals surface area (Å²) in [4.78, 5) is 12.2. The van der Waals surface area contributed by atoms with Gasteiger partial charge >= 0.3 is 0 Å². The molecule has 148 valence electrons. The van der Waals surface area contributed by atoms with E-state index in [1.165, 1.54) is 6.08 Å². The number of thiocarbonyl (C=S) groups is 1. The van der Waals surface area contributed by atoms with Gasteiger partial charge in [-0.3, -0.25) is 4.79 Å². The van der Waals surface area contributed by atoms with E-state index in [1.54, 1.807) is 6.08 Å². The molecule has 0 fully saturated rings. The van der Waals surface area contributed by atoms with Crippen LogP contribution in [0.15, 0.2) is 54.6 Å². The molecule has 2 aromatic carbocycles. The van der Waals surface area contributed by atoms with E-state index in [0.29, 0.717) is 0 Å². The van der Waals surface area contributed by atoms with Crippen molar-refractivity contribution in [2.75, 3.05) is 5.32 Å². The number of benzene rings is 2. The largest absolute Gasteiger partial charge is 0.339 e. The Balaban J connectivity index is 2.02. The van der Waals surface area contributed by atoms with Crippen LogP contribution in [0.3, 0.4) is 0 Å². The van der Waals surface area contributed by atoms with Gasteiger partial charge < -0.3 is 16.0 Å². The van der Waals surface area contributed by atoms with E-state index in [1.807, 2.05) is 62.4 Å². The first kappa shape index (κ1) is 22.5. The SMILES string of the molecule is Cc1ccc(NC(=S)N[C@H](NC(=O)/C=C\c2ccccc2)C(Cl)(Cl)Cl)c(C)c1. The number of aryl methyl sites for hydroxylation is 2. The molecule has 28 heavy (non-hydrogen) atoms. The molecular formula is C20H20Cl3N3OS. The molecule has 0 saturated heterocycles. The molecule has 0 aromatic heterocycles. The Kier molecular flexibility index (Phi) is 8.13. The minimum Gasteiger partial charge on any atom is -0.339 e. The molecule has 1 amide bonds. The molecule has 0 aliphatic rings. The average Bonchev–Trinajstić information content (AvgIpc) is 2.62. The van der Waals surface area contributed by atoms with E-state index in [-0.39, 0.29) is 5.11 Å². The fourth-order valence-corrected chi connectivity index (χ4v) is 2.92. The van der Waals surface area contributed by atoms with Gasteiger partial charge in [0.25, 0.3) is 0 Å². The van der Waals surface area contributed by atoms with Crippen molar-refractivity contribution in [3.63, 3.8) is 0 Å². The molecule has 1 atom stereocenters. The second-order valence-corrected chi connectivity index (χ2v) is 8.92. The summed E-state index contributed by atoms with van der Waals surface area (Å²) in [7, 11) is 0. The first-order chi connectivity index (χ1) is 13.1. The Morgan fingerprint density at radius 1 is 1.07 bits per heavy atom. The zero-order valence-electron chi connectivity index (χ0n) is 15.3. The summed E-state index contributed by atoms with van der Waals surface area (Å²) >= 11 is 23.3. The molecule has 0 unspecified atom stereocenters. The summed E-state index contributed by atoms with van der Waals surface area (Å²) in [5.41, 5.74) is 3.85. The van der Waals surface area contributed by atoms with Crippen LogP contribution in [0.25, 0.3) is 6.08 Å². The third kappa shape index (κ3) is 7.32. The van der Waals surface area contributed by atoms with Gasteiger partial charge in [-0.25, -0.2) is 0 Å². The second-order valence-electron chi connectivity index (χ2n) is 6.14. The highest BCUT2D eigenvalue weighted by Crippen LogP contribution is 2.29. The van der Waals surface area contributed by atoms with Crippen molar-refractivity contribution >= 4 is 69.8 Å². The molecule has 0 bridgehead atoms. The fraction of sp³-hybridized carbons (Fsp3) is 0.200. The van der Waals surface area contributed by atoms with Crippen molar-refractivity contribution in [1.82, 2.24) is 10.6 Å². The third-order valence-corrected chi connectivity index (χ3v) is 4.62. The van der Waals surface area contributed by atoms with E-state index in [4.69, 9.17) is 47.0 Å². The van der Waals surface area contributed by atoms with Crippen LogP contribution >= 0.6 is 47.0 Å². The van der Waals surface area contributed by atoms with Crippen LogP contribution in [-0.2, 0) is 4.79 Å². The Labute approximate surface area is 185 Å². The maximum absolute atomic E-state index is 12.2. The molecular weight excluding hydrogens is 437 g/mol. The van der Waals surface area contributed by atoms with Gasteiger partial charge in [-0.2, -0.15) is 0 Å². The van der Waals surface area contributed by atoms with Gasteiger partial charge in [0.05, 0.1) is 0 Å². The number of carbonyl (C=O) groups is 1. The average molecular weight is 457 g/mol. The van der Waals surface area contributed by atoms with Crippen LogP contribution in [-0.4, -0.2) is 21.0 Å². The molecule has 0 aliphatic heterocycles. The van der Waals surface area contributed by atoms with Crippen LogP contribution in [0.4, 0.5) is 5.69 Å². The van der Waals surface area contributed by atoms with Crippen molar-refractivity contribution in [2.24, 2.45) is 0 Å². The zero-order chi connectivity index (χ0) is 20.7. The molecule has 0 spiro atoms. The monoisotopic (exact) mass is 455 g/mol. The van der Waals surface area contributed by atoms with E-state index < -0.39 is 15.9 Å². The van der Waals surface area contributed by atoms with Crippen LogP contribution in [0.1, 0.15) is 16.7 Å². The Hall–Kier alpha value is -1.79. The minimum absolute atomic E-state index is 0.218. The molecule has 2 aromatic rings. The Morgan fingerprint density at radius 2 is 1.75 bits per heavy atom. The predicted molar refractivity (Wildman–Crippen MR) is 123 cm³/mol. The number of nitrogens with one attached hydrogen (secondary N) is 3. The standard InChI is InChI=1S/C20H20Cl3N3OS/c1-13-8-10-16(14(2)12-13)24-19(28)26-18(20(21,22)23)25-17(27)11-9-15-6-4-3-5-7-15/h3-12,18H,1-2H3,(H,25,27)(H2,24,26,28)/b11-9-/t18-/m0/s1. The lowest BCUT2D eigenvalue weighted by Gasteiger charge is -2.27. The number of hydrogen-bond donors (Lipinski definition) is 3. The minimum atomic E-state index is -1.82. The number of rotatable bonds is 5. The molecule has 0 aliphatic carbocycles. The second kappa shape index (κ2) is 10.1. The Morgan fingerprint density at radius 3 is 2.36 bits per heavy atom. The quantitative estimate of drug-likeness (QED) is 0.253. The maximum atomic E-state index is 12.2. The van der Waals surface area contributed by atoms with Gasteiger partial charge in [-0.05, 0) is 49.3 Å². The zero-order valence-corrected chi connectivity index (χ0v) is 18.4. The van der Waals surface area contributed by atoms with E-state index in [0.717, 1.165) is 22.4 Å². The molecule has 8 heteroatoms. The van der Waals surface area contributed by atoms with Gasteiger partial charge in [0, 0.05) is 11.8 Å². The molecule has 2 rings (SSSR count). The fourth-order valence-electron chi connectivity index (χ4n) is 2.37. The molecule has 0 heterocycles. The Bertz CT molecular complexity index is 867. The van der Waals surface area contributed by atoms with Crippen LogP contribution in [0.5, 0.6) is 0 Å². The van der Waals surface area contributed by atoms with Gasteiger partial charge in [-0.15, -0.1) is 0 Å². The number of alkyl halides is 3.